The lowest BCUT2D eigenvalue weighted by Gasteiger charge is -2.27. The van der Waals surface area contributed by atoms with E-state index < -0.39 is 5.91 Å². The second kappa shape index (κ2) is 11.3. The number of thiophene rings is 1. The molecular formula is C27H22Cl2N4O3S. The molecule has 1 aliphatic heterocycles. The minimum atomic E-state index is -0.511. The monoisotopic (exact) mass is 552 g/mol. The highest BCUT2D eigenvalue weighted by atomic mass is 35.5. The summed E-state index contributed by atoms with van der Waals surface area (Å²) in [5.41, 5.74) is 2.59. The number of nitrogens with zero attached hydrogens (tertiary/aromatic N) is 3. The molecule has 2 aromatic heterocycles. The lowest BCUT2D eigenvalue weighted by atomic mass is 10.1. The van der Waals surface area contributed by atoms with Gasteiger partial charge in [-0.15, -0.1) is 11.3 Å². The molecule has 5 rings (SSSR count). The van der Waals surface area contributed by atoms with Gasteiger partial charge in [0.2, 0.25) is 0 Å². The van der Waals surface area contributed by atoms with Gasteiger partial charge in [-0.3, -0.25) is 9.59 Å². The van der Waals surface area contributed by atoms with E-state index >= 15 is 0 Å². The molecule has 1 N–H and O–H groups in total. The molecule has 0 bridgehead atoms. The van der Waals surface area contributed by atoms with Crippen molar-refractivity contribution in [2.45, 2.75) is 0 Å². The summed E-state index contributed by atoms with van der Waals surface area (Å²) >= 11 is 13.8. The Morgan fingerprint density at radius 1 is 1.03 bits per heavy atom. The summed E-state index contributed by atoms with van der Waals surface area (Å²) in [5, 5.41) is 10.2. The Labute approximate surface area is 227 Å². The van der Waals surface area contributed by atoms with Crippen molar-refractivity contribution in [2.75, 3.05) is 26.3 Å². The van der Waals surface area contributed by atoms with Crippen LogP contribution in [0.5, 0.6) is 0 Å². The molecule has 3 heterocycles. The van der Waals surface area contributed by atoms with Crippen molar-refractivity contribution in [1.82, 2.24) is 20.0 Å². The van der Waals surface area contributed by atoms with Crippen molar-refractivity contribution in [3.8, 4) is 16.3 Å². The van der Waals surface area contributed by atoms with Gasteiger partial charge in [0.05, 0.1) is 34.4 Å². The molecular weight excluding hydrogens is 531 g/mol. The van der Waals surface area contributed by atoms with Gasteiger partial charge in [-0.2, -0.15) is 5.10 Å². The first-order valence-electron chi connectivity index (χ1n) is 11.5. The van der Waals surface area contributed by atoms with E-state index in [1.54, 1.807) is 33.1 Å². The molecule has 0 radical (unpaired) electrons. The first-order valence-corrected chi connectivity index (χ1v) is 13.2. The van der Waals surface area contributed by atoms with Crippen LogP contribution in [0.3, 0.4) is 0 Å². The molecule has 1 fully saturated rings. The molecule has 2 aromatic carbocycles. The number of hydrogen-bond donors (Lipinski definition) is 1. The minimum Gasteiger partial charge on any atom is -0.378 e. The zero-order valence-electron chi connectivity index (χ0n) is 19.6. The number of benzene rings is 2. The van der Waals surface area contributed by atoms with Crippen LogP contribution in [0.2, 0.25) is 10.0 Å². The van der Waals surface area contributed by atoms with Gasteiger partial charge in [0.25, 0.3) is 11.8 Å². The van der Waals surface area contributed by atoms with Crippen molar-refractivity contribution >= 4 is 52.4 Å². The molecule has 1 saturated heterocycles. The summed E-state index contributed by atoms with van der Waals surface area (Å²) < 4.78 is 7.16. The Balaban J connectivity index is 1.57. The number of para-hydroxylation sites is 1. The Hall–Kier alpha value is -3.43. The van der Waals surface area contributed by atoms with Gasteiger partial charge in [0, 0.05) is 29.9 Å². The maximum Gasteiger partial charge on any atom is 0.270 e. The second-order valence-electron chi connectivity index (χ2n) is 8.23. The van der Waals surface area contributed by atoms with Gasteiger partial charge in [-0.25, -0.2) is 4.68 Å². The molecule has 0 spiro atoms. The van der Waals surface area contributed by atoms with Crippen molar-refractivity contribution in [3.05, 3.63) is 99.1 Å². The first kappa shape index (κ1) is 25.2. The van der Waals surface area contributed by atoms with Gasteiger partial charge < -0.3 is 15.0 Å². The van der Waals surface area contributed by atoms with E-state index in [0.717, 1.165) is 10.6 Å². The fourth-order valence-corrected chi connectivity index (χ4v) is 5.14. The summed E-state index contributed by atoms with van der Waals surface area (Å²) in [6.07, 6.45) is 3.51. The molecule has 0 aliphatic carbocycles. The van der Waals surface area contributed by atoms with Crippen LogP contribution in [-0.2, 0) is 9.53 Å². The molecule has 37 heavy (non-hydrogen) atoms. The van der Waals surface area contributed by atoms with Gasteiger partial charge in [-0.05, 0) is 47.9 Å². The van der Waals surface area contributed by atoms with Crippen LogP contribution < -0.4 is 5.32 Å². The van der Waals surface area contributed by atoms with Crippen molar-refractivity contribution in [2.24, 2.45) is 0 Å². The molecule has 0 unspecified atom stereocenters. The number of amides is 2. The summed E-state index contributed by atoms with van der Waals surface area (Å²) in [7, 11) is 0. The minimum absolute atomic E-state index is 0.114. The average Bonchev–Trinajstić information content (AvgIpc) is 3.59. The normalized spacial score (nSPS) is 14.0. The molecule has 1 aliphatic rings. The topological polar surface area (TPSA) is 76.5 Å². The number of morpholine rings is 1. The Kier molecular flexibility index (Phi) is 7.71. The standard InChI is InChI=1S/C27H22Cl2N4O3S/c28-19-8-9-21(22(29)16-19)26(34)30-23(27(35)32-10-12-36-13-11-32)15-18-17-33(20-5-2-1-3-6-20)31-25(18)24-7-4-14-37-24/h1-9,14-17H,10-13H2,(H,30,34)/b23-15-. The lowest BCUT2D eigenvalue weighted by Crippen LogP contribution is -2.44. The molecule has 4 aromatic rings. The van der Waals surface area contributed by atoms with Gasteiger partial charge in [0.1, 0.15) is 11.4 Å². The van der Waals surface area contributed by atoms with E-state index in [0.29, 0.717) is 42.6 Å². The number of nitrogens with one attached hydrogen (secondary N) is 1. The third-order valence-corrected chi connectivity index (χ3v) is 7.19. The van der Waals surface area contributed by atoms with E-state index in [2.05, 4.69) is 5.32 Å². The van der Waals surface area contributed by atoms with E-state index in [9.17, 15) is 9.59 Å². The first-order chi connectivity index (χ1) is 18.0. The van der Waals surface area contributed by atoms with Crippen molar-refractivity contribution in [1.29, 1.82) is 0 Å². The number of aromatic nitrogens is 2. The average molecular weight is 553 g/mol. The van der Waals surface area contributed by atoms with Crippen LogP contribution >= 0.6 is 34.5 Å². The molecule has 7 nitrogen and oxygen atoms in total. The Morgan fingerprint density at radius 3 is 2.51 bits per heavy atom. The van der Waals surface area contributed by atoms with E-state index in [-0.39, 0.29) is 22.2 Å². The summed E-state index contributed by atoms with van der Waals surface area (Å²) in [6, 6.07) is 18.2. The number of rotatable bonds is 6. The maximum absolute atomic E-state index is 13.6. The quantitative estimate of drug-likeness (QED) is 0.319. The van der Waals surface area contributed by atoms with Crippen molar-refractivity contribution in [3.63, 3.8) is 0 Å². The van der Waals surface area contributed by atoms with E-state index in [1.165, 1.54) is 12.1 Å². The Morgan fingerprint density at radius 2 is 1.81 bits per heavy atom. The highest BCUT2D eigenvalue weighted by Gasteiger charge is 2.24. The fourth-order valence-electron chi connectivity index (χ4n) is 3.92. The summed E-state index contributed by atoms with van der Waals surface area (Å²) in [6.45, 7) is 1.72. The molecule has 0 atom stereocenters. The third-order valence-electron chi connectivity index (χ3n) is 5.77. The van der Waals surface area contributed by atoms with Crippen LogP contribution in [0.25, 0.3) is 22.3 Å². The largest absolute Gasteiger partial charge is 0.378 e. The van der Waals surface area contributed by atoms with E-state index in [1.807, 2.05) is 54.0 Å². The molecule has 10 heteroatoms. The van der Waals surface area contributed by atoms with Crippen LogP contribution in [0.1, 0.15) is 15.9 Å². The third kappa shape index (κ3) is 5.78. The molecule has 0 saturated carbocycles. The summed E-state index contributed by atoms with van der Waals surface area (Å²) in [4.78, 5) is 29.4. The number of halogens is 2. The fraction of sp³-hybridized carbons (Fsp3) is 0.148. The Bertz CT molecular complexity index is 1450. The lowest BCUT2D eigenvalue weighted by molar-refractivity contribution is -0.131. The zero-order valence-corrected chi connectivity index (χ0v) is 21.9. The predicted octanol–water partition coefficient (Wildman–Crippen LogP) is 5.54. The van der Waals surface area contributed by atoms with Gasteiger partial charge in [-0.1, -0.05) is 47.5 Å². The summed E-state index contributed by atoms with van der Waals surface area (Å²) in [5.74, 6) is -0.825. The maximum atomic E-state index is 13.6. The smallest absolute Gasteiger partial charge is 0.270 e. The number of carbonyl (C=O) groups excluding carboxylic acids is 2. The van der Waals surface area contributed by atoms with Crippen LogP contribution in [0, 0.1) is 0 Å². The van der Waals surface area contributed by atoms with E-state index in [4.69, 9.17) is 33.0 Å². The second-order valence-corrected chi connectivity index (χ2v) is 10.0. The number of carbonyl (C=O) groups is 2. The van der Waals surface area contributed by atoms with Gasteiger partial charge in [0.15, 0.2) is 0 Å². The van der Waals surface area contributed by atoms with Crippen molar-refractivity contribution < 1.29 is 14.3 Å². The number of ether oxygens (including phenoxy) is 1. The predicted molar refractivity (Wildman–Crippen MR) is 146 cm³/mol. The van der Waals surface area contributed by atoms with Gasteiger partial charge >= 0.3 is 0 Å². The SMILES string of the molecule is O=C(N/C(=C\c1cn(-c2ccccc2)nc1-c1cccs1)C(=O)N1CCOCC1)c1ccc(Cl)cc1Cl. The molecule has 188 valence electrons. The number of hydrogen-bond acceptors (Lipinski definition) is 5. The molecule has 2 amide bonds. The van der Waals surface area contributed by atoms with Crippen LogP contribution in [-0.4, -0.2) is 52.8 Å². The highest BCUT2D eigenvalue weighted by Crippen LogP contribution is 2.29. The zero-order chi connectivity index (χ0) is 25.8. The van der Waals surface area contributed by atoms with Crippen LogP contribution in [0.15, 0.2) is 77.9 Å². The van der Waals surface area contributed by atoms with Crippen LogP contribution in [0.4, 0.5) is 0 Å². The highest BCUT2D eigenvalue weighted by molar-refractivity contribution is 7.13.